The molecule has 1 aromatic rings. The lowest BCUT2D eigenvalue weighted by Gasteiger charge is -2.40. The predicted molar refractivity (Wildman–Crippen MR) is 88.5 cm³/mol. The first-order valence-corrected chi connectivity index (χ1v) is 7.83. The fourth-order valence-corrected chi connectivity index (χ4v) is 3.17. The molecular formula is C16H24ClN3O. The van der Waals surface area contributed by atoms with Crippen molar-refractivity contribution in [3.05, 3.63) is 23.2 Å². The number of amides is 1. The molecule has 0 aromatic heterocycles. The van der Waals surface area contributed by atoms with Crippen LogP contribution in [0.1, 0.15) is 27.2 Å². The van der Waals surface area contributed by atoms with Crippen LogP contribution in [-0.4, -0.2) is 29.9 Å². The molecule has 0 radical (unpaired) electrons. The molecule has 1 aliphatic rings. The van der Waals surface area contributed by atoms with Gasteiger partial charge in [0.05, 0.1) is 17.3 Å². The first kappa shape index (κ1) is 16.1. The summed E-state index contributed by atoms with van der Waals surface area (Å²) in [6, 6.07) is 5.58. The van der Waals surface area contributed by atoms with Crippen LogP contribution in [-0.2, 0) is 4.79 Å². The van der Waals surface area contributed by atoms with Gasteiger partial charge in [-0.3, -0.25) is 9.69 Å². The summed E-state index contributed by atoms with van der Waals surface area (Å²) < 4.78 is 0. The second kappa shape index (κ2) is 6.67. The standard InChI is InChI=1S/C16H24ClN3O/c1-10-6-11(2)12(3)20(8-10)9-16(21)19-13-4-5-14(17)15(18)7-13/h4-5,7,10-12H,6,8-9,18H2,1-3H3,(H,19,21). The van der Waals surface area contributed by atoms with E-state index in [4.69, 9.17) is 17.3 Å². The number of rotatable bonds is 3. The van der Waals surface area contributed by atoms with Crippen LogP contribution in [0.2, 0.25) is 5.02 Å². The van der Waals surface area contributed by atoms with Crippen LogP contribution in [0.4, 0.5) is 11.4 Å². The largest absolute Gasteiger partial charge is 0.397 e. The number of nitrogen functional groups attached to an aromatic ring is 1. The van der Waals surface area contributed by atoms with Gasteiger partial charge < -0.3 is 11.1 Å². The van der Waals surface area contributed by atoms with Crippen molar-refractivity contribution in [2.75, 3.05) is 24.1 Å². The van der Waals surface area contributed by atoms with E-state index in [1.807, 2.05) is 0 Å². The third-order valence-corrected chi connectivity index (χ3v) is 4.69. The Morgan fingerprint density at radius 2 is 2.14 bits per heavy atom. The molecule has 1 amide bonds. The summed E-state index contributed by atoms with van der Waals surface area (Å²) in [7, 11) is 0. The molecule has 1 saturated heterocycles. The third-order valence-electron chi connectivity index (χ3n) is 4.35. The van der Waals surface area contributed by atoms with E-state index in [-0.39, 0.29) is 5.91 Å². The van der Waals surface area contributed by atoms with Crippen molar-refractivity contribution in [3.8, 4) is 0 Å². The first-order chi connectivity index (χ1) is 9.86. The highest BCUT2D eigenvalue weighted by molar-refractivity contribution is 6.33. The maximum absolute atomic E-state index is 12.2. The molecule has 2 rings (SSSR count). The molecule has 0 aliphatic carbocycles. The number of halogens is 1. The van der Waals surface area contributed by atoms with Gasteiger partial charge in [-0.05, 0) is 43.4 Å². The van der Waals surface area contributed by atoms with E-state index in [0.717, 1.165) is 6.54 Å². The van der Waals surface area contributed by atoms with Crippen LogP contribution in [0.25, 0.3) is 0 Å². The topological polar surface area (TPSA) is 58.4 Å². The van der Waals surface area contributed by atoms with E-state index in [1.165, 1.54) is 6.42 Å². The molecule has 5 heteroatoms. The van der Waals surface area contributed by atoms with Crippen molar-refractivity contribution in [2.24, 2.45) is 11.8 Å². The highest BCUT2D eigenvalue weighted by Gasteiger charge is 2.29. The van der Waals surface area contributed by atoms with Gasteiger partial charge in [0.1, 0.15) is 0 Å². The van der Waals surface area contributed by atoms with Crippen LogP contribution in [0.3, 0.4) is 0 Å². The number of benzene rings is 1. The Morgan fingerprint density at radius 3 is 2.81 bits per heavy atom. The van der Waals surface area contributed by atoms with Crippen molar-refractivity contribution in [3.63, 3.8) is 0 Å². The van der Waals surface area contributed by atoms with Crippen molar-refractivity contribution >= 4 is 28.9 Å². The molecule has 1 heterocycles. The minimum Gasteiger partial charge on any atom is -0.397 e. The maximum atomic E-state index is 12.2. The highest BCUT2D eigenvalue weighted by Crippen LogP contribution is 2.27. The second-order valence-electron chi connectivity index (χ2n) is 6.27. The number of nitrogens with one attached hydrogen (secondary N) is 1. The molecule has 1 fully saturated rings. The predicted octanol–water partition coefficient (Wildman–Crippen LogP) is 3.23. The normalized spacial score (nSPS) is 26.6. The SMILES string of the molecule is CC1CC(C)C(C)N(CC(=O)Nc2ccc(Cl)c(N)c2)C1. The van der Waals surface area contributed by atoms with Crippen LogP contribution in [0.5, 0.6) is 0 Å². The molecule has 3 N–H and O–H groups in total. The molecule has 116 valence electrons. The molecule has 21 heavy (non-hydrogen) atoms. The number of anilines is 2. The summed E-state index contributed by atoms with van der Waals surface area (Å²) in [5.74, 6) is 1.24. The van der Waals surface area contributed by atoms with Gasteiger partial charge in [0.2, 0.25) is 5.91 Å². The highest BCUT2D eigenvalue weighted by atomic mass is 35.5. The molecular weight excluding hydrogens is 286 g/mol. The van der Waals surface area contributed by atoms with E-state index in [2.05, 4.69) is 31.0 Å². The lowest BCUT2D eigenvalue weighted by molar-refractivity contribution is -0.118. The second-order valence-corrected chi connectivity index (χ2v) is 6.68. The molecule has 3 unspecified atom stereocenters. The Morgan fingerprint density at radius 1 is 1.43 bits per heavy atom. The van der Waals surface area contributed by atoms with Gasteiger partial charge in [-0.1, -0.05) is 25.4 Å². The van der Waals surface area contributed by atoms with Gasteiger partial charge in [-0.15, -0.1) is 0 Å². The molecule has 3 atom stereocenters. The van der Waals surface area contributed by atoms with Crippen molar-refractivity contribution in [1.82, 2.24) is 4.90 Å². The van der Waals surface area contributed by atoms with E-state index < -0.39 is 0 Å². The minimum atomic E-state index is -0.00938. The zero-order valence-corrected chi connectivity index (χ0v) is 13.7. The van der Waals surface area contributed by atoms with Gasteiger partial charge in [0.25, 0.3) is 0 Å². The summed E-state index contributed by atoms with van der Waals surface area (Å²) >= 11 is 5.88. The van der Waals surface area contributed by atoms with Gasteiger partial charge in [-0.25, -0.2) is 0 Å². The van der Waals surface area contributed by atoms with Gasteiger partial charge >= 0.3 is 0 Å². The zero-order valence-electron chi connectivity index (χ0n) is 12.9. The van der Waals surface area contributed by atoms with Gasteiger partial charge in [0.15, 0.2) is 0 Å². The number of nitrogens with two attached hydrogens (primary N) is 1. The molecule has 0 spiro atoms. The number of hydrogen-bond acceptors (Lipinski definition) is 3. The van der Waals surface area contributed by atoms with E-state index in [0.29, 0.717) is 40.8 Å². The Bertz CT molecular complexity index is 520. The lowest BCUT2D eigenvalue weighted by Crippen LogP contribution is -2.48. The number of nitrogens with zero attached hydrogens (tertiary/aromatic N) is 1. The smallest absolute Gasteiger partial charge is 0.238 e. The van der Waals surface area contributed by atoms with Crippen molar-refractivity contribution in [2.45, 2.75) is 33.2 Å². The van der Waals surface area contributed by atoms with Crippen LogP contribution < -0.4 is 11.1 Å². The summed E-state index contributed by atoms with van der Waals surface area (Å²) in [5.41, 5.74) is 6.91. The van der Waals surface area contributed by atoms with Crippen LogP contribution in [0, 0.1) is 11.8 Å². The summed E-state index contributed by atoms with van der Waals surface area (Å²) in [4.78, 5) is 14.5. The van der Waals surface area contributed by atoms with Gasteiger partial charge in [-0.2, -0.15) is 0 Å². The van der Waals surface area contributed by atoms with E-state index in [1.54, 1.807) is 18.2 Å². The molecule has 0 saturated carbocycles. The summed E-state index contributed by atoms with van der Waals surface area (Å²) in [6.45, 7) is 8.09. The average Bonchev–Trinajstić information content (AvgIpc) is 2.39. The molecule has 0 bridgehead atoms. The molecule has 1 aliphatic heterocycles. The lowest BCUT2D eigenvalue weighted by atomic mass is 9.86. The fraction of sp³-hybridized carbons (Fsp3) is 0.562. The Labute approximate surface area is 131 Å². The average molecular weight is 310 g/mol. The Balaban J connectivity index is 1.96. The minimum absolute atomic E-state index is 0.00938. The van der Waals surface area contributed by atoms with E-state index in [9.17, 15) is 4.79 Å². The number of carbonyl (C=O) groups is 1. The van der Waals surface area contributed by atoms with Crippen LogP contribution in [0.15, 0.2) is 18.2 Å². The van der Waals surface area contributed by atoms with E-state index >= 15 is 0 Å². The molecule has 1 aromatic carbocycles. The van der Waals surface area contributed by atoms with Crippen LogP contribution >= 0.6 is 11.6 Å². The molecule has 4 nitrogen and oxygen atoms in total. The number of carbonyl (C=O) groups excluding carboxylic acids is 1. The zero-order chi connectivity index (χ0) is 15.6. The summed E-state index contributed by atoms with van der Waals surface area (Å²) in [6.07, 6.45) is 1.23. The van der Waals surface area contributed by atoms with Crippen molar-refractivity contribution in [1.29, 1.82) is 0 Å². The number of hydrogen-bond donors (Lipinski definition) is 2. The monoisotopic (exact) mass is 309 g/mol. The Kier molecular flexibility index (Phi) is 5.12. The van der Waals surface area contributed by atoms with Crippen molar-refractivity contribution < 1.29 is 4.79 Å². The first-order valence-electron chi connectivity index (χ1n) is 7.45. The quantitative estimate of drug-likeness (QED) is 0.843. The maximum Gasteiger partial charge on any atom is 0.238 e. The number of piperidine rings is 1. The van der Waals surface area contributed by atoms with Gasteiger partial charge in [0, 0.05) is 18.3 Å². The Hall–Kier alpha value is -1.26. The number of likely N-dealkylation sites (tertiary alicyclic amines) is 1. The summed E-state index contributed by atoms with van der Waals surface area (Å²) in [5, 5.41) is 3.39. The fourth-order valence-electron chi connectivity index (χ4n) is 3.05. The third kappa shape index (κ3) is 4.11.